The fourth-order valence-corrected chi connectivity index (χ4v) is 2.96. The number of alkyl halides is 3. The van der Waals surface area contributed by atoms with Gasteiger partial charge in [-0.25, -0.2) is 13.1 Å². The van der Waals surface area contributed by atoms with Gasteiger partial charge in [-0.05, 0) is 42.3 Å². The topological polar surface area (TPSA) is 63.2 Å². The maximum absolute atomic E-state index is 12.7. The summed E-state index contributed by atoms with van der Waals surface area (Å²) in [7, 11) is -4.16. The molecular formula is C16H14F3NO3S. The molecule has 0 aliphatic carbocycles. The molecule has 4 nitrogen and oxygen atoms in total. The molecule has 2 rings (SSSR count). The Morgan fingerprint density at radius 3 is 2.25 bits per heavy atom. The van der Waals surface area contributed by atoms with E-state index in [9.17, 15) is 26.4 Å². The molecule has 8 heteroatoms. The van der Waals surface area contributed by atoms with E-state index in [-0.39, 0.29) is 4.90 Å². The second-order valence-electron chi connectivity index (χ2n) is 5.01. The van der Waals surface area contributed by atoms with Crippen LogP contribution in [0.3, 0.4) is 0 Å². The number of carbonyl (C=O) groups excluding carboxylic acids is 1. The fraction of sp³-hybridized carbons (Fsp3) is 0.188. The minimum atomic E-state index is -4.62. The third-order valence-electron chi connectivity index (χ3n) is 3.32. The number of amides is 1. The summed E-state index contributed by atoms with van der Waals surface area (Å²) in [6.07, 6.45) is -3.90. The number of sulfonamides is 1. The molecule has 1 amide bonds. The van der Waals surface area contributed by atoms with Crippen LogP contribution < -0.4 is 4.72 Å². The van der Waals surface area contributed by atoms with Crippen molar-refractivity contribution >= 4 is 15.9 Å². The first kappa shape index (κ1) is 18.0. The minimum absolute atomic E-state index is 0.139. The first-order valence-electron chi connectivity index (χ1n) is 6.97. The van der Waals surface area contributed by atoms with Gasteiger partial charge >= 0.3 is 6.18 Å². The molecule has 0 atom stereocenters. The van der Waals surface area contributed by atoms with Gasteiger partial charge in [0.15, 0.2) is 0 Å². The zero-order chi connectivity index (χ0) is 18.0. The molecule has 2 aromatic rings. The zero-order valence-corrected chi connectivity index (χ0v) is 13.4. The molecule has 1 N–H and O–H groups in total. The van der Waals surface area contributed by atoms with Gasteiger partial charge in [0.2, 0.25) is 0 Å². The molecule has 0 heterocycles. The van der Waals surface area contributed by atoms with Gasteiger partial charge in [0, 0.05) is 5.56 Å². The minimum Gasteiger partial charge on any atom is -0.268 e. The molecule has 0 fully saturated rings. The van der Waals surface area contributed by atoms with Crippen molar-refractivity contribution in [2.75, 3.05) is 0 Å². The monoisotopic (exact) mass is 357 g/mol. The van der Waals surface area contributed by atoms with E-state index in [1.54, 1.807) is 16.9 Å². The van der Waals surface area contributed by atoms with Crippen LogP contribution in [0.15, 0.2) is 53.4 Å². The van der Waals surface area contributed by atoms with Gasteiger partial charge in [0.1, 0.15) is 0 Å². The van der Waals surface area contributed by atoms with Crippen LogP contribution in [0.4, 0.5) is 13.2 Å². The maximum atomic E-state index is 12.7. The highest BCUT2D eigenvalue weighted by Gasteiger charge is 2.31. The lowest BCUT2D eigenvalue weighted by Gasteiger charge is -2.10. The first-order chi connectivity index (χ1) is 11.1. The summed E-state index contributed by atoms with van der Waals surface area (Å²) in [6, 6.07) is 9.42. The molecule has 0 bridgehead atoms. The van der Waals surface area contributed by atoms with Crippen molar-refractivity contribution in [3.8, 4) is 0 Å². The zero-order valence-electron chi connectivity index (χ0n) is 12.6. The van der Waals surface area contributed by atoms with E-state index in [1.165, 1.54) is 12.1 Å². The quantitative estimate of drug-likeness (QED) is 0.912. The van der Waals surface area contributed by atoms with Crippen LogP contribution in [0.25, 0.3) is 0 Å². The van der Waals surface area contributed by atoms with Gasteiger partial charge in [0.25, 0.3) is 15.9 Å². The Bertz CT molecular complexity index is 844. The Kier molecular flexibility index (Phi) is 4.98. The van der Waals surface area contributed by atoms with Gasteiger partial charge in [-0.2, -0.15) is 13.2 Å². The number of hydrogen-bond acceptors (Lipinski definition) is 3. The van der Waals surface area contributed by atoms with Crippen molar-refractivity contribution in [2.24, 2.45) is 0 Å². The fourth-order valence-electron chi connectivity index (χ4n) is 1.98. The van der Waals surface area contributed by atoms with Crippen LogP contribution in [0.1, 0.15) is 28.4 Å². The number of aryl methyl sites for hydroxylation is 1. The van der Waals surface area contributed by atoms with E-state index in [1.807, 2.05) is 6.92 Å². The summed E-state index contributed by atoms with van der Waals surface area (Å²) in [5.74, 6) is -1.12. The summed E-state index contributed by atoms with van der Waals surface area (Å²) in [5, 5.41) is 0. The second-order valence-corrected chi connectivity index (χ2v) is 6.69. The summed E-state index contributed by atoms with van der Waals surface area (Å²) in [4.78, 5) is 11.8. The summed E-state index contributed by atoms with van der Waals surface area (Å²) >= 11 is 0. The number of halogens is 3. The highest BCUT2D eigenvalue weighted by Crippen LogP contribution is 2.29. The third kappa shape index (κ3) is 4.14. The van der Waals surface area contributed by atoms with E-state index in [4.69, 9.17) is 0 Å². The van der Waals surface area contributed by atoms with Crippen molar-refractivity contribution in [3.05, 3.63) is 65.2 Å². The lowest BCUT2D eigenvalue weighted by molar-refractivity contribution is -0.137. The second kappa shape index (κ2) is 6.64. The lowest BCUT2D eigenvalue weighted by Crippen LogP contribution is -2.30. The highest BCUT2D eigenvalue weighted by atomic mass is 32.2. The maximum Gasteiger partial charge on any atom is 0.416 e. The molecule has 0 saturated carbocycles. The smallest absolute Gasteiger partial charge is 0.268 e. The van der Waals surface area contributed by atoms with Crippen LogP contribution in [0, 0.1) is 0 Å². The number of carbonyl (C=O) groups is 1. The van der Waals surface area contributed by atoms with Crippen LogP contribution in [-0.4, -0.2) is 14.3 Å². The van der Waals surface area contributed by atoms with Crippen molar-refractivity contribution < 1.29 is 26.4 Å². The molecule has 0 aliphatic rings. The normalized spacial score (nSPS) is 12.0. The standard InChI is InChI=1S/C16H14F3NO3S/c1-2-11-6-8-14(9-7-11)24(22,23)20-15(21)12-4-3-5-13(10-12)16(17,18)19/h3-10H,2H2,1H3,(H,20,21). The number of benzene rings is 2. The average molecular weight is 357 g/mol. The van der Waals surface area contributed by atoms with Gasteiger partial charge in [-0.3, -0.25) is 4.79 Å². The molecule has 0 aliphatic heterocycles. The molecule has 0 unspecified atom stereocenters. The lowest BCUT2D eigenvalue weighted by atomic mass is 10.1. The molecular weight excluding hydrogens is 343 g/mol. The summed E-state index contributed by atoms with van der Waals surface area (Å²) < 4.78 is 64.0. The Balaban J connectivity index is 2.24. The first-order valence-corrected chi connectivity index (χ1v) is 8.45. The molecule has 0 saturated heterocycles. The van der Waals surface area contributed by atoms with Crippen molar-refractivity contribution in [1.29, 1.82) is 0 Å². The van der Waals surface area contributed by atoms with Crippen LogP contribution >= 0.6 is 0 Å². The highest BCUT2D eigenvalue weighted by molar-refractivity contribution is 7.90. The predicted molar refractivity (Wildman–Crippen MR) is 81.9 cm³/mol. The van der Waals surface area contributed by atoms with Gasteiger partial charge in [0.05, 0.1) is 10.5 Å². The molecule has 0 spiro atoms. The van der Waals surface area contributed by atoms with Crippen LogP contribution in [0.5, 0.6) is 0 Å². The molecule has 0 radical (unpaired) electrons. The molecule has 2 aromatic carbocycles. The van der Waals surface area contributed by atoms with Gasteiger partial charge < -0.3 is 0 Å². The number of rotatable bonds is 4. The Morgan fingerprint density at radius 1 is 1.08 bits per heavy atom. The van der Waals surface area contributed by atoms with E-state index < -0.39 is 33.2 Å². The Labute approximate surface area is 137 Å². The van der Waals surface area contributed by atoms with Crippen molar-refractivity contribution in [3.63, 3.8) is 0 Å². The molecule has 128 valence electrons. The summed E-state index contributed by atoms with van der Waals surface area (Å²) in [6.45, 7) is 1.90. The van der Waals surface area contributed by atoms with Crippen molar-refractivity contribution in [1.82, 2.24) is 4.72 Å². The molecule has 24 heavy (non-hydrogen) atoms. The van der Waals surface area contributed by atoms with Gasteiger partial charge in [-0.1, -0.05) is 25.1 Å². The third-order valence-corrected chi connectivity index (χ3v) is 4.67. The van der Waals surface area contributed by atoms with Gasteiger partial charge in [-0.15, -0.1) is 0 Å². The van der Waals surface area contributed by atoms with E-state index in [0.29, 0.717) is 6.07 Å². The Morgan fingerprint density at radius 2 is 1.71 bits per heavy atom. The predicted octanol–water partition coefficient (Wildman–Crippen LogP) is 3.39. The van der Waals surface area contributed by atoms with Crippen LogP contribution in [0.2, 0.25) is 0 Å². The van der Waals surface area contributed by atoms with Crippen molar-refractivity contribution in [2.45, 2.75) is 24.4 Å². The average Bonchev–Trinajstić information content (AvgIpc) is 2.54. The number of hydrogen-bond donors (Lipinski definition) is 1. The van der Waals surface area contributed by atoms with E-state index in [2.05, 4.69) is 0 Å². The van der Waals surface area contributed by atoms with E-state index in [0.717, 1.165) is 30.2 Å². The largest absolute Gasteiger partial charge is 0.416 e. The SMILES string of the molecule is CCc1ccc(S(=O)(=O)NC(=O)c2cccc(C(F)(F)F)c2)cc1. The van der Waals surface area contributed by atoms with E-state index >= 15 is 0 Å². The number of nitrogens with one attached hydrogen (secondary N) is 1. The van der Waals surface area contributed by atoms with Crippen LogP contribution in [-0.2, 0) is 22.6 Å². The molecule has 0 aromatic heterocycles. The Hall–Kier alpha value is -2.35. The summed E-state index contributed by atoms with van der Waals surface area (Å²) in [5.41, 5.74) is -0.503.